The van der Waals surface area contributed by atoms with E-state index in [9.17, 15) is 0 Å². The zero-order chi connectivity index (χ0) is 13.7. The van der Waals surface area contributed by atoms with Crippen LogP contribution in [0, 0.1) is 0 Å². The van der Waals surface area contributed by atoms with Crippen LogP contribution in [-0.4, -0.2) is 44.7 Å². The average Bonchev–Trinajstić information content (AvgIpc) is 2.45. The Labute approximate surface area is 120 Å². The van der Waals surface area contributed by atoms with E-state index >= 15 is 0 Å². The molecule has 4 heteroatoms. The number of hydrogen-bond donors (Lipinski definition) is 1. The fraction of sp³-hybridized carbons (Fsp3) is 0.600. The molecule has 19 heavy (non-hydrogen) atoms. The van der Waals surface area contributed by atoms with E-state index in [2.05, 4.69) is 23.2 Å². The van der Waals surface area contributed by atoms with E-state index < -0.39 is 0 Å². The van der Waals surface area contributed by atoms with Crippen molar-refractivity contribution in [3.63, 3.8) is 0 Å². The molecule has 0 unspecified atom stereocenters. The standard InChI is InChI=1S/C15H23ClN2O/c1-3-13-10-12(11-14(16)15(13)19-2)4-7-18-8-5-17-6-9-18/h10-11,17H,3-9H2,1-2H3. The number of ether oxygens (including phenoxy) is 1. The first-order valence-corrected chi connectivity index (χ1v) is 7.40. The van der Waals surface area contributed by atoms with Gasteiger partial charge in [0, 0.05) is 32.7 Å². The third kappa shape index (κ3) is 3.85. The van der Waals surface area contributed by atoms with Crippen LogP contribution in [0.5, 0.6) is 5.75 Å². The lowest BCUT2D eigenvalue weighted by molar-refractivity contribution is 0.244. The molecule has 3 nitrogen and oxygen atoms in total. The van der Waals surface area contributed by atoms with Crippen molar-refractivity contribution in [2.75, 3.05) is 39.8 Å². The number of halogens is 1. The molecule has 0 bridgehead atoms. The minimum Gasteiger partial charge on any atom is -0.495 e. The monoisotopic (exact) mass is 282 g/mol. The van der Waals surface area contributed by atoms with Gasteiger partial charge in [0.15, 0.2) is 0 Å². The summed E-state index contributed by atoms with van der Waals surface area (Å²) in [6, 6.07) is 4.27. The van der Waals surface area contributed by atoms with Crippen molar-refractivity contribution >= 4 is 11.6 Å². The summed E-state index contributed by atoms with van der Waals surface area (Å²) >= 11 is 6.29. The Morgan fingerprint density at radius 1 is 1.32 bits per heavy atom. The molecular weight excluding hydrogens is 260 g/mol. The summed E-state index contributed by atoms with van der Waals surface area (Å²) in [7, 11) is 1.68. The van der Waals surface area contributed by atoms with Gasteiger partial charge in [-0.15, -0.1) is 0 Å². The number of benzene rings is 1. The molecule has 1 N–H and O–H groups in total. The summed E-state index contributed by atoms with van der Waals surface area (Å²) in [5, 5.41) is 4.11. The number of rotatable bonds is 5. The van der Waals surface area contributed by atoms with E-state index in [1.54, 1.807) is 7.11 Å². The Morgan fingerprint density at radius 2 is 2.05 bits per heavy atom. The Bertz CT molecular complexity index is 417. The van der Waals surface area contributed by atoms with Gasteiger partial charge in [0.1, 0.15) is 5.75 Å². The minimum absolute atomic E-state index is 0.733. The minimum atomic E-state index is 0.733. The van der Waals surface area contributed by atoms with Crippen molar-refractivity contribution in [2.45, 2.75) is 19.8 Å². The van der Waals surface area contributed by atoms with Gasteiger partial charge in [-0.2, -0.15) is 0 Å². The molecule has 1 aliphatic heterocycles. The van der Waals surface area contributed by atoms with Crippen LogP contribution >= 0.6 is 11.6 Å². The molecule has 106 valence electrons. The van der Waals surface area contributed by atoms with E-state index in [1.165, 1.54) is 11.1 Å². The van der Waals surface area contributed by atoms with Crippen molar-refractivity contribution in [2.24, 2.45) is 0 Å². The SMILES string of the molecule is CCc1cc(CCN2CCNCC2)cc(Cl)c1OC. The highest BCUT2D eigenvalue weighted by Gasteiger charge is 2.12. The molecule has 1 saturated heterocycles. The van der Waals surface area contributed by atoms with Crippen LogP contribution in [0.1, 0.15) is 18.1 Å². The van der Waals surface area contributed by atoms with Gasteiger partial charge < -0.3 is 15.0 Å². The largest absolute Gasteiger partial charge is 0.495 e. The van der Waals surface area contributed by atoms with Crippen molar-refractivity contribution in [3.05, 3.63) is 28.3 Å². The molecule has 0 radical (unpaired) electrons. The topological polar surface area (TPSA) is 24.5 Å². The molecule has 1 fully saturated rings. The molecule has 0 saturated carbocycles. The highest BCUT2D eigenvalue weighted by molar-refractivity contribution is 6.32. The van der Waals surface area contributed by atoms with Gasteiger partial charge in [0.25, 0.3) is 0 Å². The van der Waals surface area contributed by atoms with Crippen LogP contribution < -0.4 is 10.1 Å². The molecule has 0 atom stereocenters. The summed E-state index contributed by atoms with van der Waals surface area (Å²) in [5.74, 6) is 0.829. The molecule has 1 aromatic rings. The molecule has 0 amide bonds. The molecule has 2 rings (SSSR count). The van der Waals surface area contributed by atoms with Gasteiger partial charge in [-0.1, -0.05) is 24.6 Å². The van der Waals surface area contributed by atoms with E-state index in [0.29, 0.717) is 0 Å². The summed E-state index contributed by atoms with van der Waals surface area (Å²) in [6.45, 7) is 7.73. The molecule has 1 aromatic carbocycles. The van der Waals surface area contributed by atoms with E-state index in [0.717, 1.165) is 56.3 Å². The third-order valence-corrected chi connectivity index (χ3v) is 3.97. The fourth-order valence-electron chi connectivity index (χ4n) is 2.57. The van der Waals surface area contributed by atoms with Crippen LogP contribution in [0.15, 0.2) is 12.1 Å². The first kappa shape index (κ1) is 14.6. The summed E-state index contributed by atoms with van der Waals surface area (Å²) < 4.78 is 5.37. The molecule has 1 heterocycles. The first-order chi connectivity index (χ1) is 9.24. The normalized spacial score (nSPS) is 16.6. The maximum Gasteiger partial charge on any atom is 0.140 e. The summed E-state index contributed by atoms with van der Waals surface area (Å²) in [5.41, 5.74) is 2.51. The maximum atomic E-state index is 6.29. The van der Waals surface area contributed by atoms with Gasteiger partial charge in [-0.25, -0.2) is 0 Å². The third-order valence-electron chi connectivity index (χ3n) is 3.69. The van der Waals surface area contributed by atoms with Crippen LogP contribution in [0.2, 0.25) is 5.02 Å². The predicted molar refractivity (Wildman–Crippen MR) is 80.4 cm³/mol. The van der Waals surface area contributed by atoms with E-state index in [-0.39, 0.29) is 0 Å². The number of piperazine rings is 1. The highest BCUT2D eigenvalue weighted by atomic mass is 35.5. The number of nitrogens with one attached hydrogen (secondary N) is 1. The second-order valence-electron chi connectivity index (χ2n) is 4.97. The van der Waals surface area contributed by atoms with Crippen molar-refractivity contribution in [3.8, 4) is 5.75 Å². The predicted octanol–water partition coefficient (Wildman–Crippen LogP) is 2.36. The zero-order valence-corrected chi connectivity index (χ0v) is 12.6. The second-order valence-corrected chi connectivity index (χ2v) is 5.37. The maximum absolute atomic E-state index is 6.29. The highest BCUT2D eigenvalue weighted by Crippen LogP contribution is 2.30. The Hall–Kier alpha value is -0.770. The lowest BCUT2D eigenvalue weighted by Gasteiger charge is -2.27. The van der Waals surface area contributed by atoms with Crippen LogP contribution in [-0.2, 0) is 12.8 Å². The lowest BCUT2D eigenvalue weighted by Crippen LogP contribution is -2.44. The quantitative estimate of drug-likeness (QED) is 0.897. The zero-order valence-electron chi connectivity index (χ0n) is 11.8. The fourth-order valence-corrected chi connectivity index (χ4v) is 2.91. The van der Waals surface area contributed by atoms with Gasteiger partial charge in [-0.05, 0) is 30.0 Å². The molecule has 1 aliphatic rings. The van der Waals surface area contributed by atoms with Crippen LogP contribution in [0.25, 0.3) is 0 Å². The lowest BCUT2D eigenvalue weighted by atomic mass is 10.0. The average molecular weight is 283 g/mol. The van der Waals surface area contributed by atoms with Crippen molar-refractivity contribution in [1.29, 1.82) is 0 Å². The van der Waals surface area contributed by atoms with Crippen molar-refractivity contribution in [1.82, 2.24) is 10.2 Å². The number of nitrogens with zero attached hydrogens (tertiary/aromatic N) is 1. The van der Waals surface area contributed by atoms with Gasteiger partial charge >= 0.3 is 0 Å². The smallest absolute Gasteiger partial charge is 0.140 e. The Balaban J connectivity index is 2.01. The van der Waals surface area contributed by atoms with Crippen molar-refractivity contribution < 1.29 is 4.74 Å². The number of aryl methyl sites for hydroxylation is 1. The van der Waals surface area contributed by atoms with Gasteiger partial charge in [-0.3, -0.25) is 0 Å². The summed E-state index contributed by atoms with van der Waals surface area (Å²) in [6.07, 6.45) is 2.00. The Kier molecular flexibility index (Phi) is 5.49. The number of methoxy groups -OCH3 is 1. The number of hydrogen-bond acceptors (Lipinski definition) is 3. The second kappa shape index (κ2) is 7.13. The van der Waals surface area contributed by atoms with Gasteiger partial charge in [0.05, 0.1) is 12.1 Å². The molecule has 0 aliphatic carbocycles. The van der Waals surface area contributed by atoms with E-state index in [4.69, 9.17) is 16.3 Å². The van der Waals surface area contributed by atoms with E-state index in [1.807, 2.05) is 6.07 Å². The molecular formula is C15H23ClN2O. The van der Waals surface area contributed by atoms with Crippen LogP contribution in [0.4, 0.5) is 0 Å². The first-order valence-electron chi connectivity index (χ1n) is 7.03. The summed E-state index contributed by atoms with van der Waals surface area (Å²) in [4.78, 5) is 2.50. The van der Waals surface area contributed by atoms with Crippen LogP contribution in [0.3, 0.4) is 0 Å². The molecule has 0 aromatic heterocycles. The Morgan fingerprint density at radius 3 is 2.68 bits per heavy atom. The van der Waals surface area contributed by atoms with Gasteiger partial charge in [0.2, 0.25) is 0 Å². The molecule has 0 spiro atoms.